The van der Waals surface area contributed by atoms with Crippen LogP contribution in [0.5, 0.6) is 0 Å². The number of esters is 1. The lowest BCUT2D eigenvalue weighted by Gasteiger charge is -2.03. The van der Waals surface area contributed by atoms with E-state index < -0.39 is 11.6 Å². The molecule has 3 nitrogen and oxygen atoms in total. The maximum Gasteiger partial charge on any atom is 0.310 e. The van der Waals surface area contributed by atoms with Crippen LogP contribution in [-0.4, -0.2) is 18.4 Å². The molecule has 5 heteroatoms. The zero-order chi connectivity index (χ0) is 17.5. The molecule has 2 aromatic rings. The Kier molecular flexibility index (Phi) is 5.95. The van der Waals surface area contributed by atoms with Gasteiger partial charge in [-0.1, -0.05) is 36.4 Å². The van der Waals surface area contributed by atoms with Gasteiger partial charge in [0.05, 0.1) is 13.0 Å². The van der Waals surface area contributed by atoms with Gasteiger partial charge in [-0.3, -0.25) is 9.59 Å². The third-order valence-electron chi connectivity index (χ3n) is 3.26. The Morgan fingerprint density at radius 2 is 1.75 bits per heavy atom. The van der Waals surface area contributed by atoms with Crippen molar-refractivity contribution in [1.82, 2.24) is 0 Å². The van der Waals surface area contributed by atoms with Gasteiger partial charge in [0.15, 0.2) is 17.4 Å². The van der Waals surface area contributed by atoms with Gasteiger partial charge in [0.25, 0.3) is 0 Å². The highest BCUT2D eigenvalue weighted by molar-refractivity contribution is 6.06. The number of carbonyl (C=O) groups is 2. The summed E-state index contributed by atoms with van der Waals surface area (Å²) >= 11 is 0. The number of ether oxygens (including phenoxy) is 1. The average Bonchev–Trinajstić information content (AvgIpc) is 2.56. The van der Waals surface area contributed by atoms with Crippen LogP contribution in [0.3, 0.4) is 0 Å². The van der Waals surface area contributed by atoms with Crippen LogP contribution in [0.15, 0.2) is 48.5 Å². The zero-order valence-corrected chi connectivity index (χ0v) is 13.1. The van der Waals surface area contributed by atoms with Crippen LogP contribution in [0, 0.1) is 11.6 Å². The van der Waals surface area contributed by atoms with E-state index in [4.69, 9.17) is 4.74 Å². The fourth-order valence-corrected chi connectivity index (χ4v) is 2.05. The van der Waals surface area contributed by atoms with E-state index in [1.54, 1.807) is 31.2 Å². The fourth-order valence-electron chi connectivity index (χ4n) is 2.05. The molecule has 124 valence electrons. The molecule has 0 bridgehead atoms. The topological polar surface area (TPSA) is 43.4 Å². The van der Waals surface area contributed by atoms with Crippen LogP contribution in [0.25, 0.3) is 6.08 Å². The van der Waals surface area contributed by atoms with Crippen LogP contribution in [0.1, 0.15) is 28.4 Å². The molecule has 0 radical (unpaired) electrons. The molecule has 0 saturated carbocycles. The highest BCUT2D eigenvalue weighted by Gasteiger charge is 2.06. The van der Waals surface area contributed by atoms with E-state index in [0.717, 1.165) is 17.7 Å². The summed E-state index contributed by atoms with van der Waals surface area (Å²) < 4.78 is 30.8. The molecule has 0 saturated heterocycles. The molecule has 0 unspecified atom stereocenters. The summed E-state index contributed by atoms with van der Waals surface area (Å²) in [5, 5.41) is 0. The van der Waals surface area contributed by atoms with Crippen LogP contribution >= 0.6 is 0 Å². The van der Waals surface area contributed by atoms with Gasteiger partial charge in [0.2, 0.25) is 0 Å². The summed E-state index contributed by atoms with van der Waals surface area (Å²) in [6.07, 6.45) is 2.84. The van der Waals surface area contributed by atoms with Crippen LogP contribution in [-0.2, 0) is 16.0 Å². The van der Waals surface area contributed by atoms with Gasteiger partial charge < -0.3 is 4.74 Å². The van der Waals surface area contributed by atoms with Gasteiger partial charge in [0.1, 0.15) is 0 Å². The number of benzene rings is 2. The van der Waals surface area contributed by atoms with Crippen molar-refractivity contribution in [3.63, 3.8) is 0 Å². The largest absolute Gasteiger partial charge is 0.466 e. The Bertz CT molecular complexity index is 765. The Labute approximate surface area is 138 Å². The molecule has 0 spiro atoms. The first-order valence-corrected chi connectivity index (χ1v) is 7.41. The number of hydrogen-bond donors (Lipinski definition) is 0. The first-order chi connectivity index (χ1) is 11.5. The monoisotopic (exact) mass is 330 g/mol. The Hall–Kier alpha value is -2.82. The van der Waals surface area contributed by atoms with Gasteiger partial charge in [-0.2, -0.15) is 0 Å². The van der Waals surface area contributed by atoms with Crippen molar-refractivity contribution in [2.75, 3.05) is 6.61 Å². The van der Waals surface area contributed by atoms with Crippen molar-refractivity contribution >= 4 is 17.8 Å². The molecule has 0 fully saturated rings. The molecule has 0 aromatic heterocycles. The minimum Gasteiger partial charge on any atom is -0.466 e. The maximum atomic E-state index is 13.1. The van der Waals surface area contributed by atoms with Gasteiger partial charge in [-0.25, -0.2) is 8.78 Å². The van der Waals surface area contributed by atoms with Gasteiger partial charge in [-0.15, -0.1) is 0 Å². The smallest absolute Gasteiger partial charge is 0.310 e. The van der Waals surface area contributed by atoms with Crippen molar-refractivity contribution in [2.24, 2.45) is 0 Å². The van der Waals surface area contributed by atoms with E-state index >= 15 is 0 Å². The highest BCUT2D eigenvalue weighted by Crippen LogP contribution is 2.12. The quantitative estimate of drug-likeness (QED) is 0.457. The predicted octanol–water partition coefficient (Wildman–Crippen LogP) is 3.97. The van der Waals surface area contributed by atoms with Crippen molar-refractivity contribution in [1.29, 1.82) is 0 Å². The molecule has 0 heterocycles. The van der Waals surface area contributed by atoms with Crippen molar-refractivity contribution in [2.45, 2.75) is 13.3 Å². The van der Waals surface area contributed by atoms with Crippen molar-refractivity contribution in [3.05, 3.63) is 76.9 Å². The van der Waals surface area contributed by atoms with Crippen LogP contribution < -0.4 is 0 Å². The Morgan fingerprint density at radius 1 is 1.04 bits per heavy atom. The standard InChI is InChI=1S/C19H16F2O3/c1-2-24-19(23)12-14-3-7-15(8-4-14)18(22)10-6-13-5-9-16(20)17(21)11-13/h3-11H,2,12H2,1H3/b10-6+. The number of halogens is 2. The molecule has 0 aliphatic rings. The molecule has 0 aliphatic carbocycles. The Balaban J connectivity index is 2.03. The van der Waals surface area contributed by atoms with Crippen LogP contribution in [0.2, 0.25) is 0 Å². The summed E-state index contributed by atoms with van der Waals surface area (Å²) in [4.78, 5) is 23.4. The number of ketones is 1. The molecular formula is C19H16F2O3. The molecule has 0 amide bonds. The molecule has 2 aromatic carbocycles. The van der Waals surface area contributed by atoms with Crippen molar-refractivity contribution in [3.8, 4) is 0 Å². The molecule has 2 rings (SSSR count). The number of carbonyl (C=O) groups excluding carboxylic acids is 2. The minimum atomic E-state index is -0.965. The number of allylic oxidation sites excluding steroid dienone is 1. The van der Waals surface area contributed by atoms with Gasteiger partial charge in [-0.05, 0) is 36.3 Å². The third kappa shape index (κ3) is 4.84. The fraction of sp³-hybridized carbons (Fsp3) is 0.158. The molecular weight excluding hydrogens is 314 g/mol. The second kappa shape index (κ2) is 8.15. The van der Waals surface area contributed by atoms with E-state index in [0.29, 0.717) is 17.7 Å². The van der Waals surface area contributed by atoms with E-state index in [-0.39, 0.29) is 18.2 Å². The predicted molar refractivity (Wildman–Crippen MR) is 86.5 cm³/mol. The molecule has 0 aliphatic heterocycles. The minimum absolute atomic E-state index is 0.146. The lowest BCUT2D eigenvalue weighted by Crippen LogP contribution is -2.07. The molecule has 0 N–H and O–H groups in total. The SMILES string of the molecule is CCOC(=O)Cc1ccc(C(=O)/C=C/c2ccc(F)c(F)c2)cc1. The van der Waals surface area contributed by atoms with Gasteiger partial charge >= 0.3 is 5.97 Å². The number of rotatable bonds is 6. The second-order valence-electron chi connectivity index (χ2n) is 5.05. The normalized spacial score (nSPS) is 10.8. The summed E-state index contributed by atoms with van der Waals surface area (Å²) in [5.41, 5.74) is 1.57. The first kappa shape index (κ1) is 17.5. The van der Waals surface area contributed by atoms with E-state index in [1.165, 1.54) is 18.2 Å². The zero-order valence-electron chi connectivity index (χ0n) is 13.1. The first-order valence-electron chi connectivity index (χ1n) is 7.41. The highest BCUT2D eigenvalue weighted by atomic mass is 19.2. The average molecular weight is 330 g/mol. The number of hydrogen-bond acceptors (Lipinski definition) is 3. The lowest BCUT2D eigenvalue weighted by atomic mass is 10.1. The molecule has 24 heavy (non-hydrogen) atoms. The van der Waals surface area contributed by atoms with E-state index in [2.05, 4.69) is 0 Å². The molecule has 0 atom stereocenters. The summed E-state index contributed by atoms with van der Waals surface area (Å²) in [5.74, 6) is -2.50. The third-order valence-corrected chi connectivity index (χ3v) is 3.26. The van der Waals surface area contributed by atoms with Gasteiger partial charge in [0, 0.05) is 5.56 Å². The summed E-state index contributed by atoms with van der Waals surface area (Å²) in [6, 6.07) is 9.96. The van der Waals surface area contributed by atoms with E-state index in [9.17, 15) is 18.4 Å². The lowest BCUT2D eigenvalue weighted by molar-refractivity contribution is -0.142. The maximum absolute atomic E-state index is 13.1. The van der Waals surface area contributed by atoms with Crippen LogP contribution in [0.4, 0.5) is 8.78 Å². The van der Waals surface area contributed by atoms with Crippen molar-refractivity contribution < 1.29 is 23.1 Å². The second-order valence-corrected chi connectivity index (χ2v) is 5.05. The Morgan fingerprint density at radius 3 is 2.38 bits per heavy atom. The van der Waals surface area contributed by atoms with E-state index in [1.807, 2.05) is 0 Å². The summed E-state index contributed by atoms with van der Waals surface area (Å²) in [7, 11) is 0. The summed E-state index contributed by atoms with van der Waals surface area (Å²) in [6.45, 7) is 2.06.